The highest BCUT2D eigenvalue weighted by atomic mass is 32.1. The van der Waals surface area contributed by atoms with Crippen LogP contribution in [0, 0.1) is 0 Å². The average molecular weight is 377 g/mol. The summed E-state index contributed by atoms with van der Waals surface area (Å²) in [7, 11) is 0. The van der Waals surface area contributed by atoms with Crippen LogP contribution in [0.3, 0.4) is 0 Å². The molecule has 0 saturated heterocycles. The summed E-state index contributed by atoms with van der Waals surface area (Å²) in [4.78, 5) is 39.0. The quantitative estimate of drug-likeness (QED) is 0.548. The summed E-state index contributed by atoms with van der Waals surface area (Å²) >= 11 is 1.06. The number of rotatable bonds is 8. The summed E-state index contributed by atoms with van der Waals surface area (Å²) in [5.74, 6) is -2.32. The zero-order valence-corrected chi connectivity index (χ0v) is 14.8. The number of nitrogens with one attached hydrogen (secondary N) is 2. The second-order valence-corrected chi connectivity index (χ2v) is 6.46. The van der Waals surface area contributed by atoms with E-state index in [1.807, 2.05) is 30.3 Å². The van der Waals surface area contributed by atoms with Gasteiger partial charge in [0, 0.05) is 11.8 Å². The van der Waals surface area contributed by atoms with Gasteiger partial charge >= 0.3 is 5.97 Å². The van der Waals surface area contributed by atoms with Crippen molar-refractivity contribution >= 4 is 34.3 Å². The molecule has 9 heteroatoms. The third kappa shape index (κ3) is 5.64. The van der Waals surface area contributed by atoms with Crippen LogP contribution in [0.2, 0.25) is 0 Å². The van der Waals surface area contributed by atoms with Gasteiger partial charge < -0.3 is 20.8 Å². The minimum absolute atomic E-state index is 0.0275. The first-order chi connectivity index (χ1) is 12.4. The van der Waals surface area contributed by atoms with E-state index in [0.717, 1.165) is 16.9 Å². The molecule has 2 atom stereocenters. The van der Waals surface area contributed by atoms with Crippen molar-refractivity contribution in [3.05, 3.63) is 47.0 Å². The number of aliphatic hydroxyl groups excluding tert-OH is 1. The van der Waals surface area contributed by atoms with Crippen molar-refractivity contribution < 1.29 is 24.6 Å². The largest absolute Gasteiger partial charge is 0.480 e. The second-order valence-electron chi connectivity index (χ2n) is 5.60. The molecule has 26 heavy (non-hydrogen) atoms. The van der Waals surface area contributed by atoms with Crippen LogP contribution in [0.4, 0.5) is 5.13 Å². The number of aryl methyl sites for hydroxylation is 1. The van der Waals surface area contributed by atoms with E-state index in [2.05, 4.69) is 15.6 Å². The van der Waals surface area contributed by atoms with Gasteiger partial charge in [0.1, 0.15) is 5.69 Å². The molecule has 8 nitrogen and oxygen atoms in total. The maximum absolute atomic E-state index is 12.0. The van der Waals surface area contributed by atoms with E-state index in [0.29, 0.717) is 6.42 Å². The standard InChI is InChI=1S/C17H19N3O5S/c1-10(21)14(16(24)25)20-15(23)12-9-26-17(18-12)19-13(22)8-7-11-5-3-2-4-6-11/h2-6,9-10,14,21H,7-8H2,1H3,(H,20,23)(H,24,25)(H,18,19,22). The minimum Gasteiger partial charge on any atom is -0.480 e. The number of carboxylic acids is 1. The lowest BCUT2D eigenvalue weighted by Gasteiger charge is -2.16. The lowest BCUT2D eigenvalue weighted by molar-refractivity contribution is -0.141. The zero-order chi connectivity index (χ0) is 19.1. The molecule has 0 fully saturated rings. The fourth-order valence-electron chi connectivity index (χ4n) is 2.12. The van der Waals surface area contributed by atoms with Crippen LogP contribution in [0.15, 0.2) is 35.7 Å². The van der Waals surface area contributed by atoms with Gasteiger partial charge in [0.05, 0.1) is 6.10 Å². The summed E-state index contributed by atoms with van der Waals surface area (Å²) in [5.41, 5.74) is 1.01. The monoisotopic (exact) mass is 377 g/mol. The molecule has 0 aliphatic carbocycles. The number of carboxylic acid groups (broad SMARTS) is 1. The molecule has 138 valence electrons. The molecule has 4 N–H and O–H groups in total. The van der Waals surface area contributed by atoms with Crippen molar-refractivity contribution in [1.29, 1.82) is 0 Å². The smallest absolute Gasteiger partial charge is 0.328 e. The number of hydrogen-bond donors (Lipinski definition) is 4. The van der Waals surface area contributed by atoms with E-state index in [1.54, 1.807) is 0 Å². The number of benzene rings is 1. The van der Waals surface area contributed by atoms with Crippen LogP contribution in [-0.2, 0) is 16.0 Å². The SMILES string of the molecule is CC(O)C(NC(=O)c1csc(NC(=O)CCc2ccccc2)n1)C(=O)O. The highest BCUT2D eigenvalue weighted by Gasteiger charge is 2.26. The molecule has 1 heterocycles. The van der Waals surface area contributed by atoms with Crippen molar-refractivity contribution in [3.8, 4) is 0 Å². The number of hydrogen-bond acceptors (Lipinski definition) is 6. The lowest BCUT2D eigenvalue weighted by atomic mass is 10.1. The third-order valence-corrected chi connectivity index (χ3v) is 4.26. The van der Waals surface area contributed by atoms with E-state index in [4.69, 9.17) is 5.11 Å². The van der Waals surface area contributed by atoms with Crippen LogP contribution >= 0.6 is 11.3 Å². The maximum atomic E-state index is 12.0. The highest BCUT2D eigenvalue weighted by molar-refractivity contribution is 7.14. The summed E-state index contributed by atoms with van der Waals surface area (Å²) in [6, 6.07) is 8.12. The van der Waals surface area contributed by atoms with Crippen LogP contribution in [-0.4, -0.2) is 45.1 Å². The average Bonchev–Trinajstić information content (AvgIpc) is 3.06. The Morgan fingerprint density at radius 1 is 1.23 bits per heavy atom. The highest BCUT2D eigenvalue weighted by Crippen LogP contribution is 2.16. The van der Waals surface area contributed by atoms with Crippen molar-refractivity contribution in [3.63, 3.8) is 0 Å². The van der Waals surface area contributed by atoms with Gasteiger partial charge in [0.2, 0.25) is 5.91 Å². The summed E-state index contributed by atoms with van der Waals surface area (Å²) in [6.07, 6.45) is -0.402. The van der Waals surface area contributed by atoms with Gasteiger partial charge in [0.25, 0.3) is 5.91 Å². The summed E-state index contributed by atoms with van der Waals surface area (Å²) < 4.78 is 0. The fraction of sp³-hybridized carbons (Fsp3) is 0.294. The van der Waals surface area contributed by atoms with Crippen LogP contribution < -0.4 is 10.6 Å². The number of carbonyl (C=O) groups is 3. The first-order valence-corrected chi connectivity index (χ1v) is 8.76. The number of amides is 2. The number of aromatic nitrogens is 1. The minimum atomic E-state index is -1.44. The Morgan fingerprint density at radius 2 is 1.92 bits per heavy atom. The number of thiazole rings is 1. The number of nitrogens with zero attached hydrogens (tertiary/aromatic N) is 1. The Labute approximate surface area is 153 Å². The predicted molar refractivity (Wildman–Crippen MR) is 96.1 cm³/mol. The normalized spacial score (nSPS) is 12.8. The van der Waals surface area contributed by atoms with E-state index >= 15 is 0 Å². The van der Waals surface area contributed by atoms with E-state index in [1.165, 1.54) is 12.3 Å². The van der Waals surface area contributed by atoms with Crippen molar-refractivity contribution in [2.75, 3.05) is 5.32 Å². The third-order valence-electron chi connectivity index (χ3n) is 3.50. The van der Waals surface area contributed by atoms with Gasteiger partial charge in [-0.2, -0.15) is 0 Å². The molecule has 1 aromatic carbocycles. The van der Waals surface area contributed by atoms with Crippen molar-refractivity contribution in [2.45, 2.75) is 31.9 Å². The van der Waals surface area contributed by atoms with Crippen molar-refractivity contribution in [1.82, 2.24) is 10.3 Å². The summed E-state index contributed by atoms with van der Waals surface area (Å²) in [6.45, 7) is 1.26. The Bertz CT molecular complexity index is 776. The Hall–Kier alpha value is -2.78. The predicted octanol–water partition coefficient (Wildman–Crippen LogP) is 1.28. The van der Waals surface area contributed by atoms with Gasteiger partial charge in [-0.3, -0.25) is 9.59 Å². The van der Waals surface area contributed by atoms with Crippen LogP contribution in [0.25, 0.3) is 0 Å². The fourth-order valence-corrected chi connectivity index (χ4v) is 2.83. The first-order valence-electron chi connectivity index (χ1n) is 7.88. The Balaban J connectivity index is 1.89. The molecule has 2 rings (SSSR count). The number of aliphatic hydroxyl groups is 1. The topological polar surface area (TPSA) is 129 Å². The van der Waals surface area contributed by atoms with Gasteiger partial charge in [-0.1, -0.05) is 30.3 Å². The van der Waals surface area contributed by atoms with E-state index < -0.39 is 24.0 Å². The first kappa shape index (κ1) is 19.5. The van der Waals surface area contributed by atoms with E-state index in [9.17, 15) is 19.5 Å². The lowest BCUT2D eigenvalue weighted by Crippen LogP contribution is -2.47. The zero-order valence-electron chi connectivity index (χ0n) is 14.0. The van der Waals surface area contributed by atoms with E-state index in [-0.39, 0.29) is 23.2 Å². The molecule has 0 saturated carbocycles. The summed E-state index contributed by atoms with van der Waals surface area (Å²) in [5, 5.41) is 24.8. The van der Waals surface area contributed by atoms with Gasteiger partial charge in [-0.05, 0) is 18.9 Å². The number of aliphatic carboxylic acids is 1. The maximum Gasteiger partial charge on any atom is 0.328 e. The molecular weight excluding hydrogens is 358 g/mol. The van der Waals surface area contributed by atoms with Gasteiger partial charge in [-0.15, -0.1) is 11.3 Å². The molecule has 0 radical (unpaired) electrons. The molecule has 0 aliphatic rings. The molecule has 2 amide bonds. The molecule has 0 spiro atoms. The number of carbonyl (C=O) groups excluding carboxylic acids is 2. The molecule has 2 unspecified atom stereocenters. The van der Waals surface area contributed by atoms with Crippen LogP contribution in [0.5, 0.6) is 0 Å². The molecular formula is C17H19N3O5S. The molecule has 2 aromatic rings. The van der Waals surface area contributed by atoms with Crippen LogP contribution in [0.1, 0.15) is 29.4 Å². The Kier molecular flexibility index (Phi) is 6.81. The van der Waals surface area contributed by atoms with Gasteiger partial charge in [-0.25, -0.2) is 9.78 Å². The van der Waals surface area contributed by atoms with Gasteiger partial charge in [0.15, 0.2) is 11.2 Å². The number of anilines is 1. The molecule has 0 aliphatic heterocycles. The Morgan fingerprint density at radius 3 is 2.54 bits per heavy atom. The second kappa shape index (κ2) is 9.07. The molecule has 0 bridgehead atoms. The van der Waals surface area contributed by atoms with Crippen molar-refractivity contribution in [2.24, 2.45) is 0 Å². The molecule has 1 aromatic heterocycles.